The number of nitrogens with zero attached hydrogens (tertiary/aromatic N) is 3. The molecule has 1 amide bonds. The summed E-state index contributed by atoms with van der Waals surface area (Å²) in [6, 6.07) is 2.35. The van der Waals surface area contributed by atoms with Gasteiger partial charge in [0.2, 0.25) is 17.8 Å². The average molecular weight is 370 g/mol. The molecule has 21 heavy (non-hydrogen) atoms. The Balaban J connectivity index is 1.87. The van der Waals surface area contributed by atoms with Gasteiger partial charge in [-0.1, -0.05) is 0 Å². The highest BCUT2D eigenvalue weighted by Crippen LogP contribution is 2.21. The second kappa shape index (κ2) is 7.46. The lowest BCUT2D eigenvalue weighted by Gasteiger charge is -2.13. The number of amides is 1. The van der Waals surface area contributed by atoms with Gasteiger partial charge in [0.25, 0.3) is 0 Å². The van der Waals surface area contributed by atoms with Gasteiger partial charge in [0.1, 0.15) is 6.33 Å². The molecular weight excluding hydrogens is 354 g/mol. The minimum absolute atomic E-state index is 0.205. The van der Waals surface area contributed by atoms with E-state index in [1.807, 2.05) is 0 Å². The van der Waals surface area contributed by atoms with Gasteiger partial charge in [-0.25, -0.2) is 9.97 Å². The minimum Gasteiger partial charge on any atom is -0.352 e. The monoisotopic (exact) mass is 369 g/mol. The Bertz CT molecular complexity index is 618. The van der Waals surface area contributed by atoms with Crippen LogP contribution in [-0.4, -0.2) is 26.9 Å². The number of halogens is 1. The fourth-order valence-electron chi connectivity index (χ4n) is 1.72. The fourth-order valence-corrected chi connectivity index (χ4v) is 3.19. The quantitative estimate of drug-likeness (QED) is 0.817. The van der Waals surface area contributed by atoms with E-state index in [1.165, 1.54) is 18.1 Å². The number of carbonyl (C=O) groups is 1. The van der Waals surface area contributed by atoms with Crippen LogP contribution in [0.25, 0.3) is 0 Å². The zero-order valence-corrected chi connectivity index (χ0v) is 14.2. The first kappa shape index (κ1) is 15.8. The van der Waals surface area contributed by atoms with Gasteiger partial charge in [-0.05, 0) is 41.8 Å². The van der Waals surface area contributed by atoms with E-state index in [0.717, 1.165) is 17.3 Å². The molecule has 1 unspecified atom stereocenters. The standard InChI is InChI=1S/C13H16BrN5OS/c1-8(3-4-11-5-10(14)6-21-11)17-12-15-7-16-13(19-12)18-9(2)20/h5-8H,3-4H2,1-2H3,(H2,15,16,17,18,19,20). The van der Waals surface area contributed by atoms with Gasteiger partial charge in [0.15, 0.2) is 0 Å². The zero-order valence-electron chi connectivity index (χ0n) is 11.8. The second-order valence-corrected chi connectivity index (χ2v) is 6.54. The second-order valence-electron chi connectivity index (χ2n) is 4.63. The van der Waals surface area contributed by atoms with Crippen molar-refractivity contribution < 1.29 is 4.79 Å². The SMILES string of the molecule is CC(=O)Nc1ncnc(NC(C)CCc2cc(Br)cs2)n1. The smallest absolute Gasteiger partial charge is 0.234 e. The number of carbonyl (C=O) groups excluding carboxylic acids is 1. The summed E-state index contributed by atoms with van der Waals surface area (Å²) in [5.74, 6) is 0.520. The third kappa shape index (κ3) is 5.39. The van der Waals surface area contributed by atoms with E-state index < -0.39 is 0 Å². The molecular formula is C13H16BrN5OS. The van der Waals surface area contributed by atoms with Crippen molar-refractivity contribution in [3.63, 3.8) is 0 Å². The Kier molecular flexibility index (Phi) is 5.63. The maximum atomic E-state index is 11.0. The molecule has 0 fully saturated rings. The minimum atomic E-state index is -0.205. The first-order valence-corrected chi connectivity index (χ1v) is 8.16. The average Bonchev–Trinajstić information content (AvgIpc) is 2.82. The highest BCUT2D eigenvalue weighted by molar-refractivity contribution is 9.10. The van der Waals surface area contributed by atoms with E-state index in [-0.39, 0.29) is 17.9 Å². The predicted molar refractivity (Wildman–Crippen MR) is 87.6 cm³/mol. The summed E-state index contributed by atoms with van der Waals surface area (Å²) in [7, 11) is 0. The van der Waals surface area contributed by atoms with Crippen LogP contribution in [0.2, 0.25) is 0 Å². The number of anilines is 2. The summed E-state index contributed by atoms with van der Waals surface area (Å²) in [6.07, 6.45) is 3.34. The van der Waals surface area contributed by atoms with E-state index in [9.17, 15) is 4.79 Å². The highest BCUT2D eigenvalue weighted by Gasteiger charge is 2.07. The molecule has 0 aliphatic rings. The van der Waals surface area contributed by atoms with Crippen LogP contribution >= 0.6 is 27.3 Å². The van der Waals surface area contributed by atoms with E-state index >= 15 is 0 Å². The molecule has 0 aliphatic carbocycles. The molecule has 2 rings (SSSR count). The molecule has 112 valence electrons. The van der Waals surface area contributed by atoms with Crippen LogP contribution in [0.4, 0.5) is 11.9 Å². The Morgan fingerprint density at radius 3 is 2.86 bits per heavy atom. The first-order chi connectivity index (χ1) is 10.0. The van der Waals surface area contributed by atoms with E-state index in [1.54, 1.807) is 11.3 Å². The molecule has 0 aromatic carbocycles. The Hall–Kier alpha value is -1.54. The summed E-state index contributed by atoms with van der Waals surface area (Å²) in [4.78, 5) is 24.4. The lowest BCUT2D eigenvalue weighted by atomic mass is 10.1. The molecule has 2 aromatic heterocycles. The molecule has 0 radical (unpaired) electrons. The van der Waals surface area contributed by atoms with Gasteiger partial charge in [-0.15, -0.1) is 11.3 Å². The van der Waals surface area contributed by atoms with Gasteiger partial charge >= 0.3 is 0 Å². The molecule has 2 heterocycles. The Morgan fingerprint density at radius 1 is 1.43 bits per heavy atom. The van der Waals surface area contributed by atoms with Crippen molar-refractivity contribution >= 4 is 45.1 Å². The normalized spacial score (nSPS) is 12.0. The van der Waals surface area contributed by atoms with Crippen molar-refractivity contribution in [2.24, 2.45) is 0 Å². The number of hydrogen-bond acceptors (Lipinski definition) is 6. The van der Waals surface area contributed by atoms with E-state index in [0.29, 0.717) is 5.95 Å². The number of hydrogen-bond donors (Lipinski definition) is 2. The maximum Gasteiger partial charge on any atom is 0.234 e. The van der Waals surface area contributed by atoms with Crippen LogP contribution in [0, 0.1) is 0 Å². The van der Waals surface area contributed by atoms with Gasteiger partial charge in [-0.3, -0.25) is 10.1 Å². The number of aryl methyl sites for hydroxylation is 1. The van der Waals surface area contributed by atoms with E-state index in [2.05, 4.69) is 59.9 Å². The largest absolute Gasteiger partial charge is 0.352 e. The Morgan fingerprint density at radius 2 is 2.19 bits per heavy atom. The summed E-state index contributed by atoms with van der Waals surface area (Å²) in [5.41, 5.74) is 0. The van der Waals surface area contributed by atoms with Crippen LogP contribution in [0.15, 0.2) is 22.2 Å². The van der Waals surface area contributed by atoms with Crippen molar-refractivity contribution in [3.05, 3.63) is 27.1 Å². The zero-order chi connectivity index (χ0) is 15.2. The van der Waals surface area contributed by atoms with Crippen LogP contribution in [0.1, 0.15) is 25.1 Å². The molecule has 0 aliphatic heterocycles. The molecule has 2 N–H and O–H groups in total. The van der Waals surface area contributed by atoms with Crippen LogP contribution < -0.4 is 10.6 Å². The fraction of sp³-hybridized carbons (Fsp3) is 0.385. The molecule has 0 bridgehead atoms. The summed E-state index contributed by atoms with van der Waals surface area (Å²) < 4.78 is 1.13. The van der Waals surface area contributed by atoms with Gasteiger partial charge in [0.05, 0.1) is 0 Å². The first-order valence-electron chi connectivity index (χ1n) is 6.49. The molecule has 2 aromatic rings. The van der Waals surface area contributed by atoms with Crippen molar-refractivity contribution in [2.45, 2.75) is 32.7 Å². The molecule has 0 saturated heterocycles. The number of aromatic nitrogens is 3. The number of rotatable bonds is 6. The van der Waals surface area contributed by atoms with Crippen molar-refractivity contribution in [2.75, 3.05) is 10.6 Å². The van der Waals surface area contributed by atoms with Crippen LogP contribution in [-0.2, 0) is 11.2 Å². The van der Waals surface area contributed by atoms with Crippen molar-refractivity contribution in [1.29, 1.82) is 0 Å². The third-order valence-corrected chi connectivity index (χ3v) is 4.44. The Labute approximate surface area is 135 Å². The van der Waals surface area contributed by atoms with E-state index in [4.69, 9.17) is 0 Å². The number of nitrogens with one attached hydrogen (secondary N) is 2. The predicted octanol–water partition coefficient (Wildman–Crippen LogP) is 3.09. The molecule has 1 atom stereocenters. The highest BCUT2D eigenvalue weighted by atomic mass is 79.9. The van der Waals surface area contributed by atoms with Crippen LogP contribution in [0.3, 0.4) is 0 Å². The van der Waals surface area contributed by atoms with Crippen molar-refractivity contribution in [3.8, 4) is 0 Å². The topological polar surface area (TPSA) is 79.8 Å². The maximum absolute atomic E-state index is 11.0. The molecule has 8 heteroatoms. The summed E-state index contributed by atoms with van der Waals surface area (Å²) in [5, 5.41) is 7.83. The molecule has 0 saturated carbocycles. The van der Waals surface area contributed by atoms with Crippen LogP contribution in [0.5, 0.6) is 0 Å². The molecule has 6 nitrogen and oxygen atoms in total. The summed E-state index contributed by atoms with van der Waals surface area (Å²) >= 11 is 5.20. The lowest BCUT2D eigenvalue weighted by Crippen LogP contribution is -2.19. The lowest BCUT2D eigenvalue weighted by molar-refractivity contribution is -0.114. The number of thiophene rings is 1. The van der Waals surface area contributed by atoms with Gasteiger partial charge in [-0.2, -0.15) is 4.98 Å². The third-order valence-electron chi connectivity index (χ3n) is 2.68. The summed E-state index contributed by atoms with van der Waals surface area (Å²) in [6.45, 7) is 3.49. The van der Waals surface area contributed by atoms with Gasteiger partial charge in [0, 0.05) is 27.7 Å². The van der Waals surface area contributed by atoms with Gasteiger partial charge < -0.3 is 5.32 Å². The van der Waals surface area contributed by atoms with Crippen molar-refractivity contribution in [1.82, 2.24) is 15.0 Å². The molecule has 0 spiro atoms.